The number of nitrogens with zero attached hydrogens (tertiary/aromatic N) is 3. The van der Waals surface area contributed by atoms with Crippen LogP contribution < -0.4 is 0 Å². The Hall–Kier alpha value is -1.95. The van der Waals surface area contributed by atoms with Gasteiger partial charge in [0.2, 0.25) is 11.8 Å². The summed E-state index contributed by atoms with van der Waals surface area (Å²) in [5.41, 5.74) is 0.589. The van der Waals surface area contributed by atoms with Gasteiger partial charge in [-0.15, -0.1) is 0 Å². The van der Waals surface area contributed by atoms with Crippen LogP contribution in [0.5, 0.6) is 0 Å². The van der Waals surface area contributed by atoms with Crippen molar-refractivity contribution in [1.29, 1.82) is 0 Å². The number of hydrogen-bond donors (Lipinski definition) is 0. The van der Waals surface area contributed by atoms with Crippen LogP contribution in [-0.4, -0.2) is 71.8 Å². The molecule has 0 N–H and O–H groups in total. The molecule has 2 saturated heterocycles. The van der Waals surface area contributed by atoms with Crippen LogP contribution in [0.4, 0.5) is 4.39 Å². The van der Waals surface area contributed by atoms with E-state index in [-0.39, 0.29) is 17.6 Å². The molecule has 1 unspecified atom stereocenters. The van der Waals surface area contributed by atoms with Crippen molar-refractivity contribution < 1.29 is 14.0 Å². The Kier molecular flexibility index (Phi) is 6.83. The standard InChI is InChI=1S/C21H30FN3O2/c1-17-6-4-5-11-25(17)21(27)16-23-12-14-24(15-13-23)20(26)10-9-18-7-2-3-8-19(18)22/h2-3,7-8,17H,4-6,9-16H2,1H3. The lowest BCUT2D eigenvalue weighted by molar-refractivity contribution is -0.137. The number of benzene rings is 1. The number of likely N-dealkylation sites (tertiary alicyclic amines) is 1. The molecule has 0 aromatic heterocycles. The number of aryl methyl sites for hydroxylation is 1. The molecule has 0 bridgehead atoms. The van der Waals surface area contributed by atoms with Gasteiger partial charge in [-0.25, -0.2) is 4.39 Å². The van der Waals surface area contributed by atoms with Crippen LogP contribution in [0, 0.1) is 5.82 Å². The van der Waals surface area contributed by atoms with Crippen LogP contribution in [0.1, 0.15) is 38.2 Å². The highest BCUT2D eigenvalue weighted by atomic mass is 19.1. The number of piperidine rings is 1. The summed E-state index contributed by atoms with van der Waals surface area (Å²) in [6, 6.07) is 6.95. The lowest BCUT2D eigenvalue weighted by atomic mass is 10.0. The van der Waals surface area contributed by atoms with E-state index in [9.17, 15) is 14.0 Å². The van der Waals surface area contributed by atoms with Crippen molar-refractivity contribution in [3.8, 4) is 0 Å². The predicted molar refractivity (Wildman–Crippen MR) is 103 cm³/mol. The zero-order valence-electron chi connectivity index (χ0n) is 16.2. The normalized spacial score (nSPS) is 21.3. The average Bonchev–Trinajstić information content (AvgIpc) is 2.68. The molecule has 1 aromatic rings. The lowest BCUT2D eigenvalue weighted by Crippen LogP contribution is -2.53. The summed E-state index contributed by atoms with van der Waals surface area (Å²) in [5, 5.41) is 0. The number of halogens is 1. The highest BCUT2D eigenvalue weighted by Gasteiger charge is 2.27. The number of hydrogen-bond acceptors (Lipinski definition) is 3. The summed E-state index contributed by atoms with van der Waals surface area (Å²) in [4.78, 5) is 31.0. The lowest BCUT2D eigenvalue weighted by Gasteiger charge is -2.38. The number of carbonyl (C=O) groups excluding carboxylic acids is 2. The summed E-state index contributed by atoms with van der Waals surface area (Å²) in [5.74, 6) is 0.0241. The smallest absolute Gasteiger partial charge is 0.236 e. The Labute approximate surface area is 161 Å². The Morgan fingerprint density at radius 1 is 1.04 bits per heavy atom. The van der Waals surface area contributed by atoms with Gasteiger partial charge in [0, 0.05) is 45.2 Å². The molecule has 2 fully saturated rings. The van der Waals surface area contributed by atoms with Gasteiger partial charge < -0.3 is 9.80 Å². The van der Waals surface area contributed by atoms with E-state index in [4.69, 9.17) is 0 Å². The van der Waals surface area contributed by atoms with Crippen molar-refractivity contribution >= 4 is 11.8 Å². The second-order valence-electron chi connectivity index (χ2n) is 7.68. The molecule has 27 heavy (non-hydrogen) atoms. The Bertz CT molecular complexity index is 659. The predicted octanol–water partition coefficient (Wildman–Crippen LogP) is 2.30. The molecule has 0 spiro atoms. The van der Waals surface area contributed by atoms with Crippen LogP contribution >= 0.6 is 0 Å². The average molecular weight is 375 g/mol. The first kappa shape index (κ1) is 19.8. The molecule has 5 nitrogen and oxygen atoms in total. The van der Waals surface area contributed by atoms with E-state index in [2.05, 4.69) is 11.8 Å². The largest absolute Gasteiger partial charge is 0.340 e. The van der Waals surface area contributed by atoms with E-state index < -0.39 is 0 Å². The molecule has 1 aromatic carbocycles. The highest BCUT2D eigenvalue weighted by Crippen LogP contribution is 2.17. The van der Waals surface area contributed by atoms with Crippen molar-refractivity contribution in [3.63, 3.8) is 0 Å². The van der Waals surface area contributed by atoms with E-state index in [0.29, 0.717) is 44.1 Å². The fraction of sp³-hybridized carbons (Fsp3) is 0.619. The first-order valence-corrected chi connectivity index (χ1v) is 10.1. The number of carbonyl (C=O) groups is 2. The van der Waals surface area contributed by atoms with Gasteiger partial charge in [0.05, 0.1) is 6.54 Å². The summed E-state index contributed by atoms with van der Waals surface area (Å²) in [6.07, 6.45) is 4.15. The second-order valence-corrected chi connectivity index (χ2v) is 7.68. The van der Waals surface area contributed by atoms with Gasteiger partial charge in [-0.1, -0.05) is 18.2 Å². The molecule has 3 rings (SSSR count). The summed E-state index contributed by atoms with van der Waals surface area (Å²) < 4.78 is 13.7. The Balaban J connectivity index is 1.41. The third-order valence-electron chi connectivity index (χ3n) is 5.77. The third kappa shape index (κ3) is 5.28. The van der Waals surface area contributed by atoms with Crippen LogP contribution in [-0.2, 0) is 16.0 Å². The maximum Gasteiger partial charge on any atom is 0.236 e. The van der Waals surface area contributed by atoms with Crippen molar-refractivity contribution in [2.45, 2.75) is 45.1 Å². The molecule has 2 aliphatic heterocycles. The molecule has 1 atom stereocenters. The van der Waals surface area contributed by atoms with Gasteiger partial charge in [-0.05, 0) is 44.2 Å². The molecule has 0 saturated carbocycles. The first-order chi connectivity index (χ1) is 13.0. The zero-order chi connectivity index (χ0) is 19.2. The molecular formula is C21H30FN3O2. The maximum absolute atomic E-state index is 13.7. The first-order valence-electron chi connectivity index (χ1n) is 10.1. The zero-order valence-corrected chi connectivity index (χ0v) is 16.2. The van der Waals surface area contributed by atoms with Crippen molar-refractivity contribution in [3.05, 3.63) is 35.6 Å². The molecule has 148 valence electrons. The SMILES string of the molecule is CC1CCCCN1C(=O)CN1CCN(C(=O)CCc2ccccc2F)CC1. The molecule has 2 aliphatic rings. The molecule has 6 heteroatoms. The van der Waals surface area contributed by atoms with Gasteiger partial charge >= 0.3 is 0 Å². The third-order valence-corrected chi connectivity index (χ3v) is 5.77. The van der Waals surface area contributed by atoms with Crippen LogP contribution in [0.25, 0.3) is 0 Å². The van der Waals surface area contributed by atoms with Crippen LogP contribution in [0.3, 0.4) is 0 Å². The topological polar surface area (TPSA) is 43.9 Å². The van der Waals surface area contributed by atoms with Crippen molar-refractivity contribution in [2.75, 3.05) is 39.3 Å². The second kappa shape index (κ2) is 9.31. The van der Waals surface area contributed by atoms with Gasteiger partial charge in [-0.2, -0.15) is 0 Å². The van der Waals surface area contributed by atoms with E-state index >= 15 is 0 Å². The van der Waals surface area contributed by atoms with E-state index in [1.165, 1.54) is 12.5 Å². The fourth-order valence-corrected chi connectivity index (χ4v) is 4.01. The van der Waals surface area contributed by atoms with Crippen LogP contribution in [0.15, 0.2) is 24.3 Å². The van der Waals surface area contributed by atoms with E-state index in [1.807, 2.05) is 9.80 Å². The minimum absolute atomic E-state index is 0.0638. The van der Waals surface area contributed by atoms with Crippen molar-refractivity contribution in [1.82, 2.24) is 14.7 Å². The van der Waals surface area contributed by atoms with Crippen LogP contribution in [0.2, 0.25) is 0 Å². The summed E-state index contributed by atoms with van der Waals surface area (Å²) in [7, 11) is 0. The minimum atomic E-state index is -0.249. The molecule has 0 radical (unpaired) electrons. The van der Waals surface area contributed by atoms with Gasteiger partial charge in [0.15, 0.2) is 0 Å². The number of piperazine rings is 1. The fourth-order valence-electron chi connectivity index (χ4n) is 4.01. The molecule has 2 amide bonds. The van der Waals surface area contributed by atoms with E-state index in [1.54, 1.807) is 18.2 Å². The summed E-state index contributed by atoms with van der Waals surface area (Å²) >= 11 is 0. The number of rotatable bonds is 5. The summed E-state index contributed by atoms with van der Waals surface area (Å²) in [6.45, 7) is 6.16. The van der Waals surface area contributed by atoms with E-state index in [0.717, 1.165) is 32.5 Å². The van der Waals surface area contributed by atoms with Crippen molar-refractivity contribution in [2.24, 2.45) is 0 Å². The molecular weight excluding hydrogens is 345 g/mol. The Morgan fingerprint density at radius 2 is 1.78 bits per heavy atom. The maximum atomic E-state index is 13.7. The Morgan fingerprint density at radius 3 is 2.48 bits per heavy atom. The van der Waals surface area contributed by atoms with Gasteiger partial charge in [0.1, 0.15) is 5.82 Å². The number of amides is 2. The highest BCUT2D eigenvalue weighted by molar-refractivity contribution is 5.79. The monoisotopic (exact) mass is 375 g/mol. The quantitative estimate of drug-likeness (QED) is 0.793. The molecule has 0 aliphatic carbocycles. The molecule has 2 heterocycles. The van der Waals surface area contributed by atoms with Gasteiger partial charge in [0.25, 0.3) is 0 Å². The van der Waals surface area contributed by atoms with Gasteiger partial charge in [-0.3, -0.25) is 14.5 Å². The minimum Gasteiger partial charge on any atom is -0.340 e.